The van der Waals surface area contributed by atoms with Gasteiger partial charge in [-0.05, 0) is 48.4 Å². The molecule has 32 heavy (non-hydrogen) atoms. The number of aliphatic hydroxyl groups is 1. The maximum atomic E-state index is 13.1. The maximum absolute atomic E-state index is 13.1. The summed E-state index contributed by atoms with van der Waals surface area (Å²) in [5.74, 6) is -1.62. The average molecular weight is 428 g/mol. The zero-order valence-corrected chi connectivity index (χ0v) is 18.3. The number of amides is 1. The summed E-state index contributed by atoms with van der Waals surface area (Å²) in [4.78, 5) is 34.1. The van der Waals surface area contributed by atoms with Crippen molar-refractivity contribution in [3.05, 3.63) is 95.3 Å². The number of carbonyl (C=O) groups is 2. The highest BCUT2D eigenvalue weighted by Crippen LogP contribution is 2.41. The van der Waals surface area contributed by atoms with Gasteiger partial charge in [0.15, 0.2) is 0 Å². The van der Waals surface area contributed by atoms with E-state index < -0.39 is 17.7 Å². The first kappa shape index (κ1) is 21.3. The Balaban J connectivity index is 1.87. The molecule has 1 aromatic heterocycles. The van der Waals surface area contributed by atoms with Crippen molar-refractivity contribution >= 4 is 28.8 Å². The monoisotopic (exact) mass is 427 g/mol. The number of anilines is 2. The summed E-state index contributed by atoms with van der Waals surface area (Å²) in [6.07, 6.45) is 2.48. The lowest BCUT2D eigenvalue weighted by atomic mass is 9.97. The predicted molar refractivity (Wildman–Crippen MR) is 126 cm³/mol. The maximum Gasteiger partial charge on any atom is 0.300 e. The van der Waals surface area contributed by atoms with E-state index in [9.17, 15) is 14.7 Å². The van der Waals surface area contributed by atoms with Crippen LogP contribution in [0.2, 0.25) is 0 Å². The number of hydrogen-bond donors (Lipinski definition) is 1. The molecule has 0 bridgehead atoms. The third-order valence-corrected chi connectivity index (χ3v) is 5.69. The Morgan fingerprint density at radius 1 is 1.00 bits per heavy atom. The number of aryl methyl sites for hydroxylation is 1. The summed E-state index contributed by atoms with van der Waals surface area (Å²) in [6.45, 7) is 2.04. The molecule has 1 unspecified atom stereocenters. The standard InChI is InChI=1S/C26H25N3O3/c1-4-17-8-10-18(11-9-17)24(30)22-23(21-7-5-6-16-27-21)29(26(32)25(22)31)20-14-12-19(13-15-20)28(2)3/h5-16,23,30H,4H2,1-3H3/b24-22-. The minimum Gasteiger partial charge on any atom is -0.507 e. The number of rotatable bonds is 5. The van der Waals surface area contributed by atoms with Gasteiger partial charge in [-0.3, -0.25) is 19.5 Å². The fourth-order valence-corrected chi connectivity index (χ4v) is 3.88. The van der Waals surface area contributed by atoms with Crippen molar-refractivity contribution in [2.75, 3.05) is 23.9 Å². The number of pyridine rings is 1. The summed E-state index contributed by atoms with van der Waals surface area (Å²) < 4.78 is 0. The van der Waals surface area contributed by atoms with Crippen LogP contribution < -0.4 is 9.80 Å². The largest absolute Gasteiger partial charge is 0.507 e. The lowest BCUT2D eigenvalue weighted by Gasteiger charge is -2.25. The van der Waals surface area contributed by atoms with Crippen molar-refractivity contribution in [1.82, 2.24) is 4.98 Å². The van der Waals surface area contributed by atoms with Crippen LogP contribution in [0.3, 0.4) is 0 Å². The van der Waals surface area contributed by atoms with Crippen LogP contribution in [0.4, 0.5) is 11.4 Å². The third-order valence-electron chi connectivity index (χ3n) is 5.69. The molecule has 1 saturated heterocycles. The van der Waals surface area contributed by atoms with Crippen LogP contribution in [-0.4, -0.2) is 35.9 Å². The second-order valence-corrected chi connectivity index (χ2v) is 7.89. The van der Waals surface area contributed by atoms with E-state index in [1.165, 1.54) is 4.90 Å². The first-order valence-corrected chi connectivity index (χ1v) is 10.5. The van der Waals surface area contributed by atoms with E-state index in [2.05, 4.69) is 4.98 Å². The number of ketones is 1. The van der Waals surface area contributed by atoms with E-state index in [4.69, 9.17) is 0 Å². The van der Waals surface area contributed by atoms with E-state index >= 15 is 0 Å². The van der Waals surface area contributed by atoms with Gasteiger partial charge in [0.2, 0.25) is 0 Å². The first-order chi connectivity index (χ1) is 15.4. The molecule has 1 amide bonds. The summed E-state index contributed by atoms with van der Waals surface area (Å²) in [6, 6.07) is 19.2. The third kappa shape index (κ3) is 3.75. The Morgan fingerprint density at radius 2 is 1.69 bits per heavy atom. The van der Waals surface area contributed by atoms with E-state index in [-0.39, 0.29) is 11.3 Å². The minimum atomic E-state index is -0.827. The Labute approximate surface area is 187 Å². The molecule has 0 spiro atoms. The molecule has 2 aromatic carbocycles. The van der Waals surface area contributed by atoms with Crippen molar-refractivity contribution in [2.24, 2.45) is 0 Å². The first-order valence-electron chi connectivity index (χ1n) is 10.5. The topological polar surface area (TPSA) is 73.7 Å². The van der Waals surface area contributed by atoms with Gasteiger partial charge in [0.05, 0.1) is 11.3 Å². The number of aliphatic hydroxyl groups excluding tert-OH is 1. The normalized spacial score (nSPS) is 17.6. The highest BCUT2D eigenvalue weighted by atomic mass is 16.3. The van der Waals surface area contributed by atoms with Gasteiger partial charge in [0.25, 0.3) is 11.7 Å². The zero-order chi connectivity index (χ0) is 22.8. The Kier molecular flexibility index (Phi) is 5.77. The van der Waals surface area contributed by atoms with Crippen LogP contribution in [-0.2, 0) is 16.0 Å². The lowest BCUT2D eigenvalue weighted by molar-refractivity contribution is -0.132. The van der Waals surface area contributed by atoms with Crippen LogP contribution in [0.5, 0.6) is 0 Å². The molecule has 1 N–H and O–H groups in total. The molecular formula is C26H25N3O3. The second kappa shape index (κ2) is 8.67. The molecule has 4 rings (SSSR count). The van der Waals surface area contributed by atoms with Crippen molar-refractivity contribution < 1.29 is 14.7 Å². The molecule has 0 saturated carbocycles. The van der Waals surface area contributed by atoms with Crippen molar-refractivity contribution in [2.45, 2.75) is 19.4 Å². The van der Waals surface area contributed by atoms with E-state index in [1.807, 2.05) is 50.2 Å². The highest BCUT2D eigenvalue weighted by molar-refractivity contribution is 6.51. The van der Waals surface area contributed by atoms with Gasteiger partial charge >= 0.3 is 0 Å². The van der Waals surface area contributed by atoms with Crippen LogP contribution >= 0.6 is 0 Å². The fraction of sp³-hybridized carbons (Fsp3) is 0.192. The fourth-order valence-electron chi connectivity index (χ4n) is 3.88. The van der Waals surface area contributed by atoms with Crippen molar-refractivity contribution in [1.29, 1.82) is 0 Å². The van der Waals surface area contributed by atoms with Gasteiger partial charge < -0.3 is 10.0 Å². The molecule has 1 atom stereocenters. The molecule has 1 aliphatic heterocycles. The van der Waals surface area contributed by atoms with Crippen molar-refractivity contribution in [3.63, 3.8) is 0 Å². The Hall–Kier alpha value is -3.93. The number of hydrogen-bond acceptors (Lipinski definition) is 5. The van der Waals surface area contributed by atoms with Crippen LogP contribution in [0.15, 0.2) is 78.5 Å². The molecule has 3 aromatic rings. The van der Waals surface area contributed by atoms with Gasteiger partial charge in [-0.25, -0.2) is 0 Å². The Bertz CT molecular complexity index is 1170. The molecule has 0 aliphatic carbocycles. The van der Waals surface area contributed by atoms with E-state index in [1.54, 1.807) is 48.7 Å². The van der Waals surface area contributed by atoms with Crippen LogP contribution in [0.1, 0.15) is 29.8 Å². The minimum absolute atomic E-state index is 0.0367. The van der Waals surface area contributed by atoms with Gasteiger partial charge in [-0.1, -0.05) is 37.3 Å². The molecule has 2 heterocycles. The smallest absolute Gasteiger partial charge is 0.300 e. The molecule has 162 valence electrons. The SMILES string of the molecule is CCc1ccc(/C(O)=C2/C(=O)C(=O)N(c3ccc(N(C)C)cc3)C2c2ccccn2)cc1. The number of carbonyl (C=O) groups excluding carboxylic acids is 2. The summed E-state index contributed by atoms with van der Waals surface area (Å²) in [5, 5.41) is 11.1. The number of benzene rings is 2. The van der Waals surface area contributed by atoms with Gasteiger partial charge in [-0.15, -0.1) is 0 Å². The second-order valence-electron chi connectivity index (χ2n) is 7.89. The molecule has 1 aliphatic rings. The summed E-state index contributed by atoms with van der Waals surface area (Å²) >= 11 is 0. The number of nitrogens with zero attached hydrogens (tertiary/aromatic N) is 3. The van der Waals surface area contributed by atoms with E-state index in [0.29, 0.717) is 16.9 Å². The molecule has 6 nitrogen and oxygen atoms in total. The summed E-state index contributed by atoms with van der Waals surface area (Å²) in [5.41, 5.74) is 3.68. The average Bonchev–Trinajstić information content (AvgIpc) is 3.09. The molecule has 0 radical (unpaired) electrons. The highest BCUT2D eigenvalue weighted by Gasteiger charge is 2.47. The van der Waals surface area contributed by atoms with E-state index in [0.717, 1.165) is 17.7 Å². The lowest BCUT2D eigenvalue weighted by Crippen LogP contribution is -2.29. The van der Waals surface area contributed by atoms with Crippen LogP contribution in [0, 0.1) is 0 Å². The predicted octanol–water partition coefficient (Wildman–Crippen LogP) is 4.34. The zero-order valence-electron chi connectivity index (χ0n) is 18.3. The number of Topliss-reactive ketones (excluding diaryl/α,β-unsaturated/α-hetero) is 1. The molecular weight excluding hydrogens is 402 g/mol. The van der Waals surface area contributed by atoms with Crippen LogP contribution in [0.25, 0.3) is 5.76 Å². The Morgan fingerprint density at radius 3 is 2.25 bits per heavy atom. The molecule has 1 fully saturated rings. The molecule has 6 heteroatoms. The van der Waals surface area contributed by atoms with Gasteiger partial charge in [-0.2, -0.15) is 0 Å². The van der Waals surface area contributed by atoms with Gasteiger partial charge in [0, 0.05) is 37.2 Å². The summed E-state index contributed by atoms with van der Waals surface area (Å²) in [7, 11) is 3.86. The van der Waals surface area contributed by atoms with Crippen molar-refractivity contribution in [3.8, 4) is 0 Å². The quantitative estimate of drug-likeness (QED) is 0.373. The number of aromatic nitrogens is 1. The van der Waals surface area contributed by atoms with Gasteiger partial charge in [0.1, 0.15) is 11.8 Å².